The summed E-state index contributed by atoms with van der Waals surface area (Å²) >= 11 is 0. The number of hydrogen-bond donors (Lipinski definition) is 1. The first-order valence-electron chi connectivity index (χ1n) is 7.46. The highest BCUT2D eigenvalue weighted by atomic mass is 16.5. The molecule has 22 heavy (non-hydrogen) atoms. The van der Waals surface area contributed by atoms with Crippen LogP contribution < -0.4 is 5.73 Å². The van der Waals surface area contributed by atoms with Crippen LogP contribution in [0.25, 0.3) is 0 Å². The summed E-state index contributed by atoms with van der Waals surface area (Å²) in [6, 6.07) is 8.99. The number of carbonyl (C=O) groups is 2. The van der Waals surface area contributed by atoms with E-state index < -0.39 is 0 Å². The molecule has 0 atom stereocenters. The summed E-state index contributed by atoms with van der Waals surface area (Å²) in [5.41, 5.74) is 7.36. The van der Waals surface area contributed by atoms with Gasteiger partial charge in [-0.05, 0) is 24.5 Å². The molecule has 0 unspecified atom stereocenters. The molecular weight excluding hydrogens is 280 g/mol. The molecule has 0 fully saturated rings. The number of benzene rings is 1. The molecule has 0 aliphatic rings. The number of unbranched alkanes of at least 4 members (excludes halogenated alkanes) is 2. The van der Waals surface area contributed by atoms with Gasteiger partial charge in [-0.1, -0.05) is 29.8 Å². The van der Waals surface area contributed by atoms with Crippen molar-refractivity contribution < 1.29 is 14.1 Å². The van der Waals surface area contributed by atoms with Crippen LogP contribution in [0, 0.1) is 0 Å². The first kappa shape index (κ1) is 15.9. The number of anilines is 1. The second-order valence-electron chi connectivity index (χ2n) is 5.27. The predicted molar refractivity (Wildman–Crippen MR) is 83.5 cm³/mol. The molecule has 0 aliphatic heterocycles. The van der Waals surface area contributed by atoms with Gasteiger partial charge in [0.25, 0.3) is 0 Å². The molecular formula is C17H20N2O3. The third kappa shape index (κ3) is 4.84. The summed E-state index contributed by atoms with van der Waals surface area (Å²) < 4.78 is 4.80. The molecule has 5 heteroatoms. The molecule has 2 N–H and O–H groups in total. The zero-order valence-electron chi connectivity index (χ0n) is 12.5. The maximum absolute atomic E-state index is 11.9. The lowest BCUT2D eigenvalue weighted by Crippen LogP contribution is -2.05. The Kier molecular flexibility index (Phi) is 5.89. The summed E-state index contributed by atoms with van der Waals surface area (Å²) in [7, 11) is 0. The van der Waals surface area contributed by atoms with Crippen LogP contribution in [-0.2, 0) is 11.2 Å². The summed E-state index contributed by atoms with van der Waals surface area (Å²) in [6.45, 7) is 0. The van der Waals surface area contributed by atoms with E-state index in [1.165, 1.54) is 6.20 Å². The second kappa shape index (κ2) is 8.12. The van der Waals surface area contributed by atoms with Gasteiger partial charge in [0.15, 0.2) is 0 Å². The minimum absolute atomic E-state index is 0.0408. The number of aromatic nitrogens is 1. The molecule has 0 amide bonds. The van der Waals surface area contributed by atoms with Crippen molar-refractivity contribution in [3.05, 3.63) is 47.9 Å². The van der Waals surface area contributed by atoms with Crippen molar-refractivity contribution in [2.75, 3.05) is 5.73 Å². The van der Waals surface area contributed by atoms with Gasteiger partial charge in [0.2, 0.25) is 11.5 Å². The molecule has 0 spiro atoms. The first-order valence-corrected chi connectivity index (χ1v) is 7.46. The topological polar surface area (TPSA) is 86.2 Å². The highest BCUT2D eigenvalue weighted by Crippen LogP contribution is 2.14. The van der Waals surface area contributed by atoms with E-state index >= 15 is 0 Å². The van der Waals surface area contributed by atoms with Crippen molar-refractivity contribution in [1.82, 2.24) is 5.16 Å². The SMILES string of the molecule is Nc1ccccc1CC(=O)CCCCCC(=O)c1ccno1. The number of nitrogens with two attached hydrogens (primary N) is 1. The summed E-state index contributed by atoms with van der Waals surface area (Å²) in [4.78, 5) is 23.6. The van der Waals surface area contributed by atoms with Crippen molar-refractivity contribution in [2.45, 2.75) is 38.5 Å². The maximum Gasteiger partial charge on any atom is 0.202 e. The van der Waals surface area contributed by atoms with Crippen LogP contribution in [0.2, 0.25) is 0 Å². The summed E-state index contributed by atoms with van der Waals surface area (Å²) in [6.07, 6.45) is 5.16. The predicted octanol–water partition coefficient (Wildman–Crippen LogP) is 3.20. The Balaban J connectivity index is 1.61. The van der Waals surface area contributed by atoms with Gasteiger partial charge >= 0.3 is 0 Å². The van der Waals surface area contributed by atoms with E-state index in [0.717, 1.165) is 24.8 Å². The van der Waals surface area contributed by atoms with Crippen LogP contribution in [0.1, 0.15) is 48.2 Å². The lowest BCUT2D eigenvalue weighted by atomic mass is 10.0. The minimum atomic E-state index is -0.0408. The van der Waals surface area contributed by atoms with Gasteiger partial charge in [-0.15, -0.1) is 0 Å². The number of hydrogen-bond acceptors (Lipinski definition) is 5. The molecule has 0 saturated heterocycles. The molecule has 2 aromatic rings. The van der Waals surface area contributed by atoms with Crippen LogP contribution in [0.5, 0.6) is 0 Å². The maximum atomic E-state index is 11.9. The number of para-hydroxylation sites is 1. The van der Waals surface area contributed by atoms with E-state index in [9.17, 15) is 9.59 Å². The van der Waals surface area contributed by atoms with Gasteiger partial charge in [0.1, 0.15) is 5.78 Å². The van der Waals surface area contributed by atoms with Crippen molar-refractivity contribution in [3.63, 3.8) is 0 Å². The highest BCUT2D eigenvalue weighted by Gasteiger charge is 2.10. The fraction of sp³-hybridized carbons (Fsp3) is 0.353. The number of nitrogens with zero attached hydrogens (tertiary/aromatic N) is 1. The van der Waals surface area contributed by atoms with E-state index in [4.69, 9.17) is 10.3 Å². The average Bonchev–Trinajstić information content (AvgIpc) is 3.03. The third-order valence-electron chi connectivity index (χ3n) is 3.51. The van der Waals surface area contributed by atoms with Crippen molar-refractivity contribution in [3.8, 4) is 0 Å². The zero-order chi connectivity index (χ0) is 15.8. The minimum Gasteiger partial charge on any atom is -0.398 e. The Labute approximate surface area is 129 Å². The van der Waals surface area contributed by atoms with Crippen LogP contribution in [-0.4, -0.2) is 16.7 Å². The third-order valence-corrected chi connectivity index (χ3v) is 3.51. The highest BCUT2D eigenvalue weighted by molar-refractivity contribution is 5.93. The van der Waals surface area contributed by atoms with Crippen LogP contribution in [0.4, 0.5) is 5.69 Å². The number of ketones is 2. The molecule has 0 saturated carbocycles. The quantitative estimate of drug-likeness (QED) is 0.436. The van der Waals surface area contributed by atoms with Crippen LogP contribution in [0.3, 0.4) is 0 Å². The van der Waals surface area contributed by atoms with Gasteiger partial charge in [-0.2, -0.15) is 0 Å². The van der Waals surface area contributed by atoms with Gasteiger partial charge in [0, 0.05) is 31.0 Å². The first-order chi connectivity index (χ1) is 10.7. The fourth-order valence-corrected chi connectivity index (χ4v) is 2.26. The molecule has 0 bridgehead atoms. The molecule has 0 radical (unpaired) electrons. The second-order valence-corrected chi connectivity index (χ2v) is 5.27. The van der Waals surface area contributed by atoms with E-state index in [2.05, 4.69) is 5.16 Å². The molecule has 1 aromatic carbocycles. The van der Waals surface area contributed by atoms with Crippen molar-refractivity contribution in [1.29, 1.82) is 0 Å². The van der Waals surface area contributed by atoms with Gasteiger partial charge in [-0.25, -0.2) is 0 Å². The van der Waals surface area contributed by atoms with Gasteiger partial charge in [-0.3, -0.25) is 9.59 Å². The number of rotatable bonds is 9. The Morgan fingerprint density at radius 1 is 1.05 bits per heavy atom. The molecule has 1 aromatic heterocycles. The monoisotopic (exact) mass is 300 g/mol. The standard InChI is InChI=1S/C17H20N2O3/c18-15-8-5-4-6-13(15)12-14(20)7-2-1-3-9-16(21)17-10-11-19-22-17/h4-6,8,10-11H,1-3,7,9,12,18H2. The molecule has 1 heterocycles. The number of Topliss-reactive ketones (excluding diaryl/α,β-unsaturated/α-hetero) is 2. The van der Waals surface area contributed by atoms with E-state index in [1.54, 1.807) is 12.1 Å². The molecule has 0 aliphatic carbocycles. The summed E-state index contributed by atoms with van der Waals surface area (Å²) in [5, 5.41) is 3.51. The van der Waals surface area contributed by atoms with Crippen LogP contribution >= 0.6 is 0 Å². The van der Waals surface area contributed by atoms with Gasteiger partial charge < -0.3 is 10.3 Å². The Morgan fingerprint density at radius 2 is 1.82 bits per heavy atom. The van der Waals surface area contributed by atoms with E-state index in [1.807, 2.05) is 18.2 Å². The van der Waals surface area contributed by atoms with Crippen molar-refractivity contribution >= 4 is 17.3 Å². The van der Waals surface area contributed by atoms with E-state index in [0.29, 0.717) is 30.7 Å². The lowest BCUT2D eigenvalue weighted by molar-refractivity contribution is -0.118. The average molecular weight is 300 g/mol. The zero-order valence-corrected chi connectivity index (χ0v) is 12.5. The van der Waals surface area contributed by atoms with Gasteiger partial charge in [0.05, 0.1) is 6.20 Å². The Morgan fingerprint density at radius 3 is 2.55 bits per heavy atom. The fourth-order valence-electron chi connectivity index (χ4n) is 2.26. The van der Waals surface area contributed by atoms with Crippen molar-refractivity contribution in [2.24, 2.45) is 0 Å². The number of carbonyl (C=O) groups excluding carboxylic acids is 2. The van der Waals surface area contributed by atoms with Crippen LogP contribution in [0.15, 0.2) is 41.1 Å². The number of nitrogen functional groups attached to an aromatic ring is 1. The molecule has 5 nitrogen and oxygen atoms in total. The smallest absolute Gasteiger partial charge is 0.202 e. The molecule has 116 valence electrons. The summed E-state index contributed by atoms with van der Waals surface area (Å²) in [5.74, 6) is 0.441. The van der Waals surface area contributed by atoms with E-state index in [-0.39, 0.29) is 11.6 Å². The Hall–Kier alpha value is -2.43. The lowest BCUT2D eigenvalue weighted by Gasteiger charge is -2.04. The Bertz CT molecular complexity index is 621. The normalized spacial score (nSPS) is 10.5. The largest absolute Gasteiger partial charge is 0.398 e. The molecule has 2 rings (SSSR count).